The van der Waals surface area contributed by atoms with Crippen molar-refractivity contribution in [2.45, 2.75) is 18.4 Å². The first-order valence-electron chi connectivity index (χ1n) is 8.65. The quantitative estimate of drug-likeness (QED) is 0.609. The number of hydrogen-bond acceptors (Lipinski definition) is 3. The van der Waals surface area contributed by atoms with Gasteiger partial charge in [-0.15, -0.1) is 0 Å². The van der Waals surface area contributed by atoms with E-state index in [0.717, 1.165) is 15.4 Å². The van der Waals surface area contributed by atoms with Crippen LogP contribution in [0, 0.1) is 6.92 Å². The fraction of sp³-hybridized carbons (Fsp3) is 0.0952. The summed E-state index contributed by atoms with van der Waals surface area (Å²) in [7, 11) is -4.01. The summed E-state index contributed by atoms with van der Waals surface area (Å²) in [6.07, 6.45) is 0. The molecule has 0 N–H and O–H groups in total. The van der Waals surface area contributed by atoms with E-state index in [1.54, 1.807) is 54.6 Å². The number of rotatable bonds is 3. The van der Waals surface area contributed by atoms with Gasteiger partial charge in [-0.3, -0.25) is 4.90 Å². The number of para-hydroxylation sites is 1. The van der Waals surface area contributed by atoms with Crippen molar-refractivity contribution in [2.75, 3.05) is 9.21 Å². The Morgan fingerprint density at radius 3 is 2.21 bits per heavy atom. The molecule has 0 fully saturated rings. The molecule has 0 saturated carbocycles. The van der Waals surface area contributed by atoms with Crippen molar-refractivity contribution in [3.63, 3.8) is 0 Å². The van der Waals surface area contributed by atoms with Crippen molar-refractivity contribution in [1.82, 2.24) is 0 Å². The minimum absolute atomic E-state index is 0.101. The van der Waals surface area contributed by atoms with Gasteiger partial charge in [-0.1, -0.05) is 53.6 Å². The average molecular weight is 413 g/mol. The number of sulfonamides is 1. The van der Waals surface area contributed by atoms with E-state index in [1.165, 1.54) is 11.0 Å². The molecule has 7 heteroatoms. The van der Waals surface area contributed by atoms with Gasteiger partial charge in [0.25, 0.3) is 10.0 Å². The SMILES string of the molecule is Cc1ccc(N2C(=O)N(Cc3ccc(Cl)cc3)c3ccccc3S2(=O)=O)cc1. The molecule has 1 aliphatic rings. The van der Waals surface area contributed by atoms with Crippen LogP contribution in [0.2, 0.25) is 5.02 Å². The molecule has 4 rings (SSSR count). The summed E-state index contributed by atoms with van der Waals surface area (Å²) >= 11 is 5.95. The lowest BCUT2D eigenvalue weighted by atomic mass is 10.2. The van der Waals surface area contributed by atoms with Gasteiger partial charge < -0.3 is 0 Å². The monoisotopic (exact) mass is 412 g/mol. The fourth-order valence-electron chi connectivity index (χ4n) is 3.17. The number of benzene rings is 3. The van der Waals surface area contributed by atoms with Gasteiger partial charge >= 0.3 is 6.03 Å². The number of carbonyl (C=O) groups is 1. The number of halogens is 1. The molecule has 2 amide bonds. The highest BCUT2D eigenvalue weighted by Gasteiger charge is 2.42. The van der Waals surface area contributed by atoms with Gasteiger partial charge in [0.1, 0.15) is 4.90 Å². The molecule has 5 nitrogen and oxygen atoms in total. The lowest BCUT2D eigenvalue weighted by Crippen LogP contribution is -2.50. The normalized spacial score (nSPS) is 15.4. The molecule has 142 valence electrons. The smallest absolute Gasteiger partial charge is 0.287 e. The second kappa shape index (κ2) is 6.96. The Hall–Kier alpha value is -2.83. The van der Waals surface area contributed by atoms with Crippen LogP contribution >= 0.6 is 11.6 Å². The fourth-order valence-corrected chi connectivity index (χ4v) is 4.89. The summed E-state index contributed by atoms with van der Waals surface area (Å²) in [6.45, 7) is 2.13. The van der Waals surface area contributed by atoms with Crippen LogP contribution < -0.4 is 9.21 Å². The van der Waals surface area contributed by atoms with Gasteiger partial charge in [-0.05, 0) is 48.9 Å². The number of nitrogens with zero attached hydrogens (tertiary/aromatic N) is 2. The zero-order valence-corrected chi connectivity index (χ0v) is 16.6. The maximum Gasteiger partial charge on any atom is 0.343 e. The number of anilines is 2. The molecule has 3 aromatic rings. The summed E-state index contributed by atoms with van der Waals surface area (Å²) in [5, 5.41) is 0.595. The molecule has 0 aromatic heterocycles. The predicted octanol–water partition coefficient (Wildman–Crippen LogP) is 4.98. The van der Waals surface area contributed by atoms with Crippen molar-refractivity contribution in [2.24, 2.45) is 0 Å². The molecular weight excluding hydrogens is 396 g/mol. The molecule has 0 atom stereocenters. The lowest BCUT2D eigenvalue weighted by Gasteiger charge is -2.36. The minimum atomic E-state index is -4.01. The minimum Gasteiger partial charge on any atom is -0.287 e. The van der Waals surface area contributed by atoms with Gasteiger partial charge in [0.15, 0.2) is 0 Å². The third-order valence-corrected chi connectivity index (χ3v) is 6.60. The first-order valence-corrected chi connectivity index (χ1v) is 10.5. The van der Waals surface area contributed by atoms with E-state index in [9.17, 15) is 13.2 Å². The standard InChI is InChI=1S/C21H17ClN2O3S/c1-15-6-12-18(13-7-15)24-21(25)23(14-16-8-10-17(22)11-9-16)19-4-2-3-5-20(19)28(24,26)27/h2-13H,14H2,1H3. The van der Waals surface area contributed by atoms with E-state index in [4.69, 9.17) is 11.6 Å². The maximum atomic E-state index is 13.3. The number of fused-ring (bicyclic) bond motifs is 1. The van der Waals surface area contributed by atoms with Crippen molar-refractivity contribution in [3.05, 3.63) is 88.9 Å². The third kappa shape index (κ3) is 3.15. The largest absolute Gasteiger partial charge is 0.343 e. The molecular formula is C21H17ClN2O3S. The topological polar surface area (TPSA) is 57.7 Å². The molecule has 0 unspecified atom stereocenters. The summed E-state index contributed by atoms with van der Waals surface area (Å²) < 4.78 is 27.3. The van der Waals surface area contributed by atoms with Gasteiger partial charge in [-0.2, -0.15) is 4.31 Å². The Bertz CT molecular complexity index is 1140. The Morgan fingerprint density at radius 1 is 0.893 bits per heavy atom. The summed E-state index contributed by atoms with van der Waals surface area (Å²) in [4.78, 5) is 14.9. The van der Waals surface area contributed by atoms with Gasteiger partial charge in [0.05, 0.1) is 17.9 Å². The highest BCUT2D eigenvalue weighted by molar-refractivity contribution is 7.94. The van der Waals surface area contributed by atoms with Crippen LogP contribution in [0.3, 0.4) is 0 Å². The molecule has 0 spiro atoms. The van der Waals surface area contributed by atoms with E-state index in [1.807, 2.05) is 19.1 Å². The van der Waals surface area contributed by atoms with Crippen molar-refractivity contribution >= 4 is 39.0 Å². The Labute approximate surface area is 168 Å². The summed E-state index contributed by atoms with van der Waals surface area (Å²) in [5.41, 5.74) is 2.50. The molecule has 28 heavy (non-hydrogen) atoms. The molecule has 1 heterocycles. The first kappa shape index (κ1) is 18.5. The number of aryl methyl sites for hydroxylation is 1. The molecule has 0 aliphatic carbocycles. The van der Waals surface area contributed by atoms with Gasteiger partial charge in [0.2, 0.25) is 0 Å². The van der Waals surface area contributed by atoms with Crippen LogP contribution in [0.5, 0.6) is 0 Å². The van der Waals surface area contributed by atoms with Crippen molar-refractivity contribution < 1.29 is 13.2 Å². The third-order valence-electron chi connectivity index (χ3n) is 4.60. The van der Waals surface area contributed by atoms with Crippen LogP contribution in [-0.4, -0.2) is 14.4 Å². The zero-order chi connectivity index (χ0) is 19.9. The Morgan fingerprint density at radius 2 is 1.54 bits per heavy atom. The molecule has 1 aliphatic heterocycles. The molecule has 3 aromatic carbocycles. The first-order chi connectivity index (χ1) is 13.4. The van der Waals surface area contributed by atoms with Crippen LogP contribution in [-0.2, 0) is 16.6 Å². The molecule has 0 saturated heterocycles. The molecule has 0 radical (unpaired) electrons. The lowest BCUT2D eigenvalue weighted by molar-refractivity contribution is 0.253. The van der Waals surface area contributed by atoms with E-state index >= 15 is 0 Å². The zero-order valence-electron chi connectivity index (χ0n) is 15.0. The second-order valence-corrected chi connectivity index (χ2v) is 8.76. The molecule has 0 bridgehead atoms. The van der Waals surface area contributed by atoms with Gasteiger partial charge in [-0.25, -0.2) is 13.2 Å². The number of hydrogen-bond donors (Lipinski definition) is 0. The number of carbonyl (C=O) groups excluding carboxylic acids is 1. The van der Waals surface area contributed by atoms with E-state index in [-0.39, 0.29) is 11.4 Å². The predicted molar refractivity (Wildman–Crippen MR) is 110 cm³/mol. The average Bonchev–Trinajstić information content (AvgIpc) is 2.68. The number of amides is 2. The summed E-state index contributed by atoms with van der Waals surface area (Å²) in [5.74, 6) is 0. The Kier molecular flexibility index (Phi) is 4.61. The van der Waals surface area contributed by atoms with Crippen molar-refractivity contribution in [1.29, 1.82) is 0 Å². The highest BCUT2D eigenvalue weighted by atomic mass is 35.5. The van der Waals surface area contributed by atoms with Crippen LogP contribution in [0.1, 0.15) is 11.1 Å². The van der Waals surface area contributed by atoms with E-state index in [0.29, 0.717) is 16.4 Å². The number of urea groups is 1. The second-order valence-electron chi connectivity index (χ2n) is 6.57. The van der Waals surface area contributed by atoms with E-state index < -0.39 is 16.1 Å². The van der Waals surface area contributed by atoms with E-state index in [2.05, 4.69) is 0 Å². The maximum absolute atomic E-state index is 13.3. The van der Waals surface area contributed by atoms with Crippen LogP contribution in [0.4, 0.5) is 16.2 Å². The highest BCUT2D eigenvalue weighted by Crippen LogP contribution is 2.37. The van der Waals surface area contributed by atoms with Crippen LogP contribution in [0.15, 0.2) is 77.7 Å². The van der Waals surface area contributed by atoms with Crippen molar-refractivity contribution in [3.8, 4) is 0 Å². The van der Waals surface area contributed by atoms with Gasteiger partial charge in [0, 0.05) is 5.02 Å². The van der Waals surface area contributed by atoms with Crippen LogP contribution in [0.25, 0.3) is 0 Å². The Balaban J connectivity index is 1.85. The summed E-state index contributed by atoms with van der Waals surface area (Å²) in [6, 6.07) is 19.9.